The molecule has 1 heterocycles. The Morgan fingerprint density at radius 3 is 2.79 bits per heavy atom. The molecule has 0 aliphatic rings. The predicted octanol–water partition coefficient (Wildman–Crippen LogP) is 4.28. The zero-order chi connectivity index (χ0) is 14.0. The zero-order valence-electron chi connectivity index (χ0n) is 10.5. The molecule has 0 spiro atoms. The van der Waals surface area contributed by atoms with Crippen LogP contribution in [0.15, 0.2) is 18.2 Å². The number of anilines is 1. The molecule has 0 unspecified atom stereocenters. The first-order valence-electron chi connectivity index (χ1n) is 5.77. The number of aromatic nitrogens is 2. The average molecular weight is 392 g/mol. The Morgan fingerprint density at radius 1 is 1.37 bits per heavy atom. The molecule has 19 heavy (non-hydrogen) atoms. The Hall–Kier alpha value is -0.950. The standard InChI is InChI=1S/C13H12ClFIN3/c1-3-17-13-11(16)7(2)18-12(19-13)8-5-4-6-9(14)10(8)15/h4-6H,3H2,1-2H3,(H,17,18,19). The van der Waals surface area contributed by atoms with E-state index in [0.29, 0.717) is 17.2 Å². The summed E-state index contributed by atoms with van der Waals surface area (Å²) in [5.41, 5.74) is 1.12. The van der Waals surface area contributed by atoms with Crippen molar-refractivity contribution in [1.29, 1.82) is 0 Å². The topological polar surface area (TPSA) is 37.8 Å². The van der Waals surface area contributed by atoms with Crippen LogP contribution >= 0.6 is 34.2 Å². The van der Waals surface area contributed by atoms with Gasteiger partial charge in [0, 0.05) is 6.54 Å². The fraction of sp³-hybridized carbons (Fsp3) is 0.231. The maximum Gasteiger partial charge on any atom is 0.164 e. The lowest BCUT2D eigenvalue weighted by atomic mass is 10.2. The molecule has 6 heteroatoms. The van der Waals surface area contributed by atoms with E-state index in [9.17, 15) is 4.39 Å². The minimum Gasteiger partial charge on any atom is -0.369 e. The Labute approximate surface area is 129 Å². The summed E-state index contributed by atoms with van der Waals surface area (Å²) < 4.78 is 14.9. The molecule has 0 fully saturated rings. The van der Waals surface area contributed by atoms with Crippen LogP contribution in [0.4, 0.5) is 10.2 Å². The lowest BCUT2D eigenvalue weighted by molar-refractivity contribution is 0.630. The van der Waals surface area contributed by atoms with Crippen molar-refractivity contribution < 1.29 is 4.39 Å². The third-order valence-electron chi connectivity index (χ3n) is 2.55. The number of nitrogens with one attached hydrogen (secondary N) is 1. The van der Waals surface area contributed by atoms with Gasteiger partial charge in [-0.2, -0.15) is 0 Å². The first-order chi connectivity index (χ1) is 9.04. The van der Waals surface area contributed by atoms with E-state index < -0.39 is 5.82 Å². The molecule has 0 bridgehead atoms. The highest BCUT2D eigenvalue weighted by molar-refractivity contribution is 14.1. The number of hydrogen-bond donors (Lipinski definition) is 1. The van der Waals surface area contributed by atoms with Crippen LogP contribution in [0, 0.1) is 16.3 Å². The summed E-state index contributed by atoms with van der Waals surface area (Å²) in [6.45, 7) is 4.59. The highest BCUT2D eigenvalue weighted by Crippen LogP contribution is 2.28. The Bertz CT molecular complexity index is 619. The van der Waals surface area contributed by atoms with Crippen molar-refractivity contribution in [2.45, 2.75) is 13.8 Å². The monoisotopic (exact) mass is 391 g/mol. The van der Waals surface area contributed by atoms with Crippen molar-refractivity contribution in [2.24, 2.45) is 0 Å². The van der Waals surface area contributed by atoms with Gasteiger partial charge in [-0.15, -0.1) is 0 Å². The third-order valence-corrected chi connectivity index (χ3v) is 4.14. The van der Waals surface area contributed by atoms with E-state index in [2.05, 4.69) is 37.9 Å². The first kappa shape index (κ1) is 14.5. The van der Waals surface area contributed by atoms with E-state index >= 15 is 0 Å². The van der Waals surface area contributed by atoms with Gasteiger partial charge in [-0.05, 0) is 48.6 Å². The van der Waals surface area contributed by atoms with E-state index in [1.54, 1.807) is 12.1 Å². The second-order valence-electron chi connectivity index (χ2n) is 3.93. The Morgan fingerprint density at radius 2 is 2.11 bits per heavy atom. The normalized spacial score (nSPS) is 10.6. The van der Waals surface area contributed by atoms with Crippen LogP contribution in [0.1, 0.15) is 12.6 Å². The van der Waals surface area contributed by atoms with E-state index in [-0.39, 0.29) is 5.02 Å². The number of hydrogen-bond acceptors (Lipinski definition) is 3. The van der Waals surface area contributed by atoms with Crippen LogP contribution in [0.3, 0.4) is 0 Å². The van der Waals surface area contributed by atoms with Crippen molar-refractivity contribution in [1.82, 2.24) is 9.97 Å². The minimum absolute atomic E-state index is 0.0716. The number of aryl methyl sites for hydroxylation is 1. The molecule has 0 atom stereocenters. The summed E-state index contributed by atoms with van der Waals surface area (Å²) in [7, 11) is 0. The van der Waals surface area contributed by atoms with Crippen LogP contribution in [-0.2, 0) is 0 Å². The Balaban J connectivity index is 2.59. The summed E-state index contributed by atoms with van der Waals surface area (Å²) in [6.07, 6.45) is 0. The van der Waals surface area contributed by atoms with Crippen LogP contribution in [0.5, 0.6) is 0 Å². The first-order valence-corrected chi connectivity index (χ1v) is 7.22. The number of halogens is 3. The van der Waals surface area contributed by atoms with Gasteiger partial charge in [0.25, 0.3) is 0 Å². The average Bonchev–Trinajstić information content (AvgIpc) is 2.38. The quantitative estimate of drug-likeness (QED) is 0.794. The van der Waals surface area contributed by atoms with Gasteiger partial charge >= 0.3 is 0 Å². The molecule has 1 aromatic heterocycles. The molecule has 0 saturated carbocycles. The van der Waals surface area contributed by atoms with Crippen molar-refractivity contribution >= 4 is 40.0 Å². The number of nitrogens with zero attached hydrogens (tertiary/aromatic N) is 2. The van der Waals surface area contributed by atoms with Gasteiger partial charge < -0.3 is 5.32 Å². The molecule has 100 valence electrons. The zero-order valence-corrected chi connectivity index (χ0v) is 13.4. The molecule has 2 aromatic rings. The summed E-state index contributed by atoms with van der Waals surface area (Å²) >= 11 is 7.96. The largest absolute Gasteiger partial charge is 0.369 e. The van der Waals surface area contributed by atoms with Gasteiger partial charge in [0.2, 0.25) is 0 Å². The molecular weight excluding hydrogens is 380 g/mol. The van der Waals surface area contributed by atoms with E-state index in [1.807, 2.05) is 13.8 Å². The molecule has 0 amide bonds. The maximum absolute atomic E-state index is 14.0. The molecule has 2 rings (SSSR count). The molecule has 0 aliphatic heterocycles. The van der Waals surface area contributed by atoms with E-state index in [1.165, 1.54) is 6.07 Å². The third kappa shape index (κ3) is 2.97. The highest BCUT2D eigenvalue weighted by Gasteiger charge is 2.14. The number of rotatable bonds is 3. The van der Waals surface area contributed by atoms with Gasteiger partial charge in [0.15, 0.2) is 11.6 Å². The smallest absolute Gasteiger partial charge is 0.164 e. The summed E-state index contributed by atoms with van der Waals surface area (Å²) in [6, 6.07) is 4.81. The highest BCUT2D eigenvalue weighted by atomic mass is 127. The van der Waals surface area contributed by atoms with E-state index in [4.69, 9.17) is 11.6 Å². The molecule has 1 N–H and O–H groups in total. The van der Waals surface area contributed by atoms with Gasteiger partial charge in [-0.3, -0.25) is 0 Å². The predicted molar refractivity (Wildman–Crippen MR) is 84.1 cm³/mol. The fourth-order valence-electron chi connectivity index (χ4n) is 1.64. The van der Waals surface area contributed by atoms with Gasteiger partial charge in [-0.1, -0.05) is 17.7 Å². The van der Waals surface area contributed by atoms with Crippen LogP contribution in [-0.4, -0.2) is 16.5 Å². The molecular formula is C13H12ClFIN3. The van der Waals surface area contributed by atoms with Gasteiger partial charge in [0.05, 0.1) is 19.9 Å². The van der Waals surface area contributed by atoms with Crippen molar-refractivity contribution in [3.63, 3.8) is 0 Å². The van der Waals surface area contributed by atoms with Crippen LogP contribution in [0.25, 0.3) is 11.4 Å². The maximum atomic E-state index is 14.0. The molecule has 0 saturated heterocycles. The number of benzene rings is 1. The lowest BCUT2D eigenvalue weighted by Gasteiger charge is -2.10. The van der Waals surface area contributed by atoms with Crippen LogP contribution < -0.4 is 5.32 Å². The lowest BCUT2D eigenvalue weighted by Crippen LogP contribution is -2.06. The summed E-state index contributed by atoms with van der Waals surface area (Å²) in [4.78, 5) is 8.70. The van der Waals surface area contributed by atoms with Gasteiger partial charge in [-0.25, -0.2) is 14.4 Å². The van der Waals surface area contributed by atoms with Crippen molar-refractivity contribution in [3.8, 4) is 11.4 Å². The molecule has 1 aromatic carbocycles. The Kier molecular flexibility index (Phi) is 4.57. The van der Waals surface area contributed by atoms with Crippen molar-refractivity contribution in [2.75, 3.05) is 11.9 Å². The van der Waals surface area contributed by atoms with Crippen LogP contribution in [0.2, 0.25) is 5.02 Å². The second kappa shape index (κ2) is 6.00. The van der Waals surface area contributed by atoms with Crippen molar-refractivity contribution in [3.05, 3.63) is 38.3 Å². The molecule has 3 nitrogen and oxygen atoms in total. The summed E-state index contributed by atoms with van der Waals surface area (Å²) in [5.74, 6) is 0.561. The minimum atomic E-state index is -0.493. The van der Waals surface area contributed by atoms with E-state index in [0.717, 1.165) is 15.8 Å². The summed E-state index contributed by atoms with van der Waals surface area (Å²) in [5, 5.41) is 3.22. The molecule has 0 radical (unpaired) electrons. The SMILES string of the molecule is CCNc1nc(-c2cccc(Cl)c2F)nc(C)c1I. The van der Waals surface area contributed by atoms with Gasteiger partial charge in [0.1, 0.15) is 5.82 Å². The fourth-order valence-corrected chi connectivity index (χ4v) is 2.25. The second-order valence-corrected chi connectivity index (χ2v) is 5.41. The molecule has 0 aliphatic carbocycles.